The molecule has 3 aromatic carbocycles. The lowest BCUT2D eigenvalue weighted by Crippen LogP contribution is -2.27. The lowest BCUT2D eigenvalue weighted by molar-refractivity contribution is -0.116. The van der Waals surface area contributed by atoms with Crippen molar-refractivity contribution in [3.63, 3.8) is 0 Å². The van der Waals surface area contributed by atoms with E-state index in [0.29, 0.717) is 17.2 Å². The van der Waals surface area contributed by atoms with Gasteiger partial charge in [0.2, 0.25) is 0 Å². The van der Waals surface area contributed by atoms with E-state index in [2.05, 4.69) is 39.8 Å². The van der Waals surface area contributed by atoms with Crippen molar-refractivity contribution in [3.8, 4) is 5.75 Å². The number of hydrogen-bond acceptors (Lipinski definition) is 5. The third-order valence-electron chi connectivity index (χ3n) is 6.70. The van der Waals surface area contributed by atoms with Gasteiger partial charge in [-0.3, -0.25) is 4.79 Å². The molecule has 1 heterocycles. The normalized spacial score (nSPS) is 19.4. The minimum absolute atomic E-state index is 0.125. The monoisotopic (exact) mass is 473 g/mol. The predicted molar refractivity (Wildman–Crippen MR) is 139 cm³/mol. The first kappa shape index (κ1) is 22.4. The van der Waals surface area contributed by atoms with E-state index in [9.17, 15) is 4.79 Å². The van der Waals surface area contributed by atoms with Crippen LogP contribution in [-0.4, -0.2) is 27.0 Å². The van der Waals surface area contributed by atoms with Crippen LogP contribution in [0.3, 0.4) is 0 Å². The van der Waals surface area contributed by atoms with Crippen molar-refractivity contribution in [3.05, 3.63) is 94.1 Å². The fraction of sp³-hybridized carbons (Fsp3) is 0.250. The molecule has 2 N–H and O–H groups in total. The molecule has 34 heavy (non-hydrogen) atoms. The van der Waals surface area contributed by atoms with Crippen LogP contribution in [-0.2, 0) is 4.79 Å². The molecular formula is C28H28ClN3O2. The fourth-order valence-corrected chi connectivity index (χ4v) is 5.15. The van der Waals surface area contributed by atoms with Gasteiger partial charge in [-0.15, -0.1) is 0 Å². The molecule has 1 aliphatic carbocycles. The van der Waals surface area contributed by atoms with E-state index < -0.39 is 0 Å². The molecule has 6 heteroatoms. The largest absolute Gasteiger partial charge is 0.495 e. The van der Waals surface area contributed by atoms with Gasteiger partial charge in [0, 0.05) is 37.5 Å². The first-order valence-electron chi connectivity index (χ1n) is 11.4. The Morgan fingerprint density at radius 2 is 1.65 bits per heavy atom. The van der Waals surface area contributed by atoms with Gasteiger partial charge in [0.1, 0.15) is 5.75 Å². The molecule has 0 bridgehead atoms. The van der Waals surface area contributed by atoms with E-state index in [1.165, 1.54) is 5.56 Å². The molecule has 0 aromatic heterocycles. The lowest BCUT2D eigenvalue weighted by atomic mass is 9.78. The number of methoxy groups -OCH3 is 1. The number of halogens is 1. The van der Waals surface area contributed by atoms with E-state index >= 15 is 0 Å². The minimum atomic E-state index is -0.306. The first-order chi connectivity index (χ1) is 16.4. The van der Waals surface area contributed by atoms with Crippen molar-refractivity contribution in [2.75, 3.05) is 36.7 Å². The molecule has 0 fully saturated rings. The molecule has 3 aromatic rings. The summed E-state index contributed by atoms with van der Waals surface area (Å²) in [7, 11) is 5.66. The molecule has 2 atom stereocenters. The number of rotatable bonds is 4. The molecule has 2 unspecified atom stereocenters. The van der Waals surface area contributed by atoms with Gasteiger partial charge in [-0.05, 0) is 59.9 Å². The van der Waals surface area contributed by atoms with Gasteiger partial charge in [0.05, 0.1) is 29.5 Å². The Balaban J connectivity index is 1.56. The highest BCUT2D eigenvalue weighted by Gasteiger charge is 2.36. The van der Waals surface area contributed by atoms with Gasteiger partial charge >= 0.3 is 0 Å². The van der Waals surface area contributed by atoms with Crippen LogP contribution in [0.2, 0.25) is 5.02 Å². The quantitative estimate of drug-likeness (QED) is 0.459. The summed E-state index contributed by atoms with van der Waals surface area (Å²) in [5, 5.41) is 7.71. The summed E-state index contributed by atoms with van der Waals surface area (Å²) in [5.41, 5.74) is 6.92. The maximum atomic E-state index is 13.7. The SMILES string of the molecule is COc1ccc(C2Nc3ccccc3NC3=C2C(=O)CC(c2ccc(N(C)C)cc2)C3)cc1Cl. The van der Waals surface area contributed by atoms with Crippen molar-refractivity contribution in [2.24, 2.45) is 0 Å². The number of fused-ring (bicyclic) bond motifs is 1. The van der Waals surface area contributed by atoms with E-state index in [4.69, 9.17) is 16.3 Å². The average Bonchev–Trinajstić information content (AvgIpc) is 3.01. The number of allylic oxidation sites excluding steroid dienone is 1. The number of anilines is 3. The Bertz CT molecular complexity index is 1270. The molecule has 5 rings (SSSR count). The molecule has 174 valence electrons. The summed E-state index contributed by atoms with van der Waals surface area (Å²) in [6.07, 6.45) is 1.24. The number of nitrogens with one attached hydrogen (secondary N) is 2. The number of para-hydroxylation sites is 2. The standard InChI is InChI=1S/C28H28ClN3O2/c1-32(2)20-11-8-17(9-12-20)19-15-24-27(25(33)16-19)28(18-10-13-26(34-3)21(29)14-18)31-23-7-5-4-6-22(23)30-24/h4-14,19,28,30-31H,15-16H2,1-3H3. The molecule has 0 spiro atoms. The van der Waals surface area contributed by atoms with Gasteiger partial charge in [-0.1, -0.05) is 41.9 Å². The highest BCUT2D eigenvalue weighted by atomic mass is 35.5. The van der Waals surface area contributed by atoms with Gasteiger partial charge in [0.15, 0.2) is 5.78 Å². The fourth-order valence-electron chi connectivity index (χ4n) is 4.88. The van der Waals surface area contributed by atoms with E-state index in [1.807, 2.05) is 56.6 Å². The highest BCUT2D eigenvalue weighted by Crippen LogP contribution is 2.45. The van der Waals surface area contributed by atoms with E-state index in [1.54, 1.807) is 7.11 Å². The molecule has 2 aliphatic rings. The van der Waals surface area contributed by atoms with Crippen molar-refractivity contribution >= 4 is 34.4 Å². The summed E-state index contributed by atoms with van der Waals surface area (Å²) in [4.78, 5) is 15.8. The number of Topliss-reactive ketones (excluding diaryl/α,β-unsaturated/α-hetero) is 1. The second-order valence-electron chi connectivity index (χ2n) is 9.05. The highest BCUT2D eigenvalue weighted by molar-refractivity contribution is 6.32. The van der Waals surface area contributed by atoms with Crippen LogP contribution in [0.15, 0.2) is 78.0 Å². The Morgan fingerprint density at radius 1 is 0.941 bits per heavy atom. The predicted octanol–water partition coefficient (Wildman–Crippen LogP) is 6.39. The van der Waals surface area contributed by atoms with Gasteiger partial charge in [0.25, 0.3) is 0 Å². The molecule has 5 nitrogen and oxygen atoms in total. The maximum absolute atomic E-state index is 13.7. The molecule has 0 amide bonds. The van der Waals surface area contributed by atoms with Crippen molar-refractivity contribution in [2.45, 2.75) is 24.8 Å². The number of hydrogen-bond donors (Lipinski definition) is 2. The maximum Gasteiger partial charge on any atom is 0.163 e. The number of carbonyl (C=O) groups is 1. The van der Waals surface area contributed by atoms with Gasteiger partial charge < -0.3 is 20.3 Å². The second-order valence-corrected chi connectivity index (χ2v) is 9.46. The van der Waals surface area contributed by atoms with Crippen LogP contribution in [0.1, 0.15) is 35.9 Å². The molecular weight excluding hydrogens is 446 g/mol. The number of nitrogens with zero attached hydrogens (tertiary/aromatic N) is 1. The zero-order chi connectivity index (χ0) is 23.8. The number of ether oxygens (including phenoxy) is 1. The molecule has 1 aliphatic heterocycles. The Morgan fingerprint density at radius 3 is 2.32 bits per heavy atom. The van der Waals surface area contributed by atoms with Crippen LogP contribution in [0.25, 0.3) is 0 Å². The second kappa shape index (κ2) is 9.07. The zero-order valence-electron chi connectivity index (χ0n) is 19.6. The van der Waals surface area contributed by atoms with Crippen LogP contribution in [0, 0.1) is 0 Å². The Hall–Kier alpha value is -3.44. The number of carbonyl (C=O) groups excluding carboxylic acids is 1. The lowest BCUT2D eigenvalue weighted by Gasteiger charge is -2.30. The van der Waals surface area contributed by atoms with E-state index in [0.717, 1.165) is 40.3 Å². The van der Waals surface area contributed by atoms with Gasteiger partial charge in [-0.2, -0.15) is 0 Å². The van der Waals surface area contributed by atoms with E-state index in [-0.39, 0.29) is 17.7 Å². The van der Waals surface area contributed by atoms with Crippen LogP contribution < -0.4 is 20.3 Å². The van der Waals surface area contributed by atoms with Crippen molar-refractivity contribution in [1.82, 2.24) is 0 Å². The van der Waals surface area contributed by atoms with Crippen LogP contribution >= 0.6 is 11.6 Å². The summed E-state index contributed by atoms with van der Waals surface area (Å²) < 4.78 is 5.34. The number of benzene rings is 3. The van der Waals surface area contributed by atoms with Gasteiger partial charge in [-0.25, -0.2) is 0 Å². The Labute approximate surface area is 205 Å². The third kappa shape index (κ3) is 4.12. The topological polar surface area (TPSA) is 53.6 Å². The summed E-state index contributed by atoms with van der Waals surface area (Å²) >= 11 is 6.47. The zero-order valence-corrected chi connectivity index (χ0v) is 20.3. The summed E-state index contributed by atoms with van der Waals surface area (Å²) in [5.74, 6) is 0.885. The summed E-state index contributed by atoms with van der Waals surface area (Å²) in [6.45, 7) is 0. The summed E-state index contributed by atoms with van der Waals surface area (Å²) in [6, 6.07) is 22.0. The van der Waals surface area contributed by atoms with Crippen molar-refractivity contribution < 1.29 is 9.53 Å². The average molecular weight is 474 g/mol. The minimum Gasteiger partial charge on any atom is -0.495 e. The third-order valence-corrected chi connectivity index (χ3v) is 6.99. The first-order valence-corrected chi connectivity index (χ1v) is 11.8. The van der Waals surface area contributed by atoms with Crippen LogP contribution in [0.4, 0.5) is 17.1 Å². The smallest absolute Gasteiger partial charge is 0.163 e. The van der Waals surface area contributed by atoms with Crippen molar-refractivity contribution in [1.29, 1.82) is 0 Å². The van der Waals surface area contributed by atoms with Crippen LogP contribution in [0.5, 0.6) is 5.75 Å². The molecule has 0 saturated carbocycles. The number of ketones is 1. The Kier molecular flexibility index (Phi) is 5.96. The molecule has 0 radical (unpaired) electrons. The molecule has 0 saturated heterocycles.